The number of phosphoric ester groups is 1. The first kappa shape index (κ1) is 61.7. The van der Waals surface area contributed by atoms with E-state index in [1.807, 2.05) is 33.3 Å². The molecule has 2 atom stereocenters. The van der Waals surface area contributed by atoms with Crippen molar-refractivity contribution in [3.8, 4) is 0 Å². The normalized spacial score (nSPS) is 13.9. The molecule has 0 saturated heterocycles. The zero-order valence-electron chi connectivity index (χ0n) is 42.0. The first-order valence-electron chi connectivity index (χ1n) is 26.0. The maximum atomic E-state index is 12.7. The van der Waals surface area contributed by atoms with Gasteiger partial charge in [-0.3, -0.25) is 18.6 Å². The Bertz CT molecular complexity index is 1270. The Morgan fingerprint density at radius 1 is 0.484 bits per heavy atom. The molecule has 0 aliphatic heterocycles. The van der Waals surface area contributed by atoms with Gasteiger partial charge in [0, 0.05) is 12.8 Å². The van der Waals surface area contributed by atoms with Crippen molar-refractivity contribution in [3.63, 3.8) is 0 Å². The number of esters is 2. The Kier molecular flexibility index (Phi) is 44.2. The third-order valence-electron chi connectivity index (χ3n) is 11.1. The molecule has 64 heavy (non-hydrogen) atoms. The molecular weight excluding hydrogens is 822 g/mol. The van der Waals surface area contributed by atoms with E-state index in [2.05, 4.69) is 62.5 Å². The number of ether oxygens (including phenoxy) is 2. The van der Waals surface area contributed by atoms with Gasteiger partial charge >= 0.3 is 19.8 Å². The zero-order valence-corrected chi connectivity index (χ0v) is 42.9. The van der Waals surface area contributed by atoms with Crippen molar-refractivity contribution in [3.05, 3.63) is 60.8 Å². The Hall–Kier alpha value is -2.29. The molecule has 10 heteroatoms. The van der Waals surface area contributed by atoms with Crippen LogP contribution in [0.4, 0.5) is 0 Å². The van der Waals surface area contributed by atoms with Crippen molar-refractivity contribution in [2.75, 3.05) is 47.5 Å². The lowest BCUT2D eigenvalue weighted by Crippen LogP contribution is -2.37. The van der Waals surface area contributed by atoms with Crippen molar-refractivity contribution in [2.45, 2.75) is 225 Å². The number of likely N-dealkylation sites (N-methyl/N-ethyl adjacent to an activating group) is 1. The maximum absolute atomic E-state index is 12.7. The van der Waals surface area contributed by atoms with E-state index in [4.69, 9.17) is 18.5 Å². The third kappa shape index (κ3) is 49.2. The molecule has 0 aromatic rings. The van der Waals surface area contributed by atoms with Gasteiger partial charge in [0.15, 0.2) is 6.10 Å². The highest BCUT2D eigenvalue weighted by atomic mass is 31.2. The zero-order chi connectivity index (χ0) is 47.1. The predicted molar refractivity (Wildman–Crippen MR) is 270 cm³/mol. The smallest absolute Gasteiger partial charge is 0.462 e. The van der Waals surface area contributed by atoms with Gasteiger partial charge in [-0.1, -0.05) is 216 Å². The van der Waals surface area contributed by atoms with Gasteiger partial charge in [-0.05, 0) is 51.4 Å². The molecule has 0 heterocycles. The molecule has 0 fully saturated rings. The maximum Gasteiger partial charge on any atom is 0.472 e. The van der Waals surface area contributed by atoms with Crippen molar-refractivity contribution >= 4 is 19.8 Å². The second-order valence-corrected chi connectivity index (χ2v) is 20.0. The average molecular weight is 921 g/mol. The van der Waals surface area contributed by atoms with Crippen LogP contribution in [-0.4, -0.2) is 74.9 Å². The Morgan fingerprint density at radius 2 is 0.875 bits per heavy atom. The van der Waals surface area contributed by atoms with Crippen LogP contribution in [-0.2, 0) is 32.7 Å². The molecule has 1 unspecified atom stereocenters. The standard InChI is InChI=1S/C54H98NO8P/c1-6-8-10-12-14-16-18-20-22-24-26-27-29-30-32-34-36-38-40-42-44-46-53(56)60-50-52(51-62-64(58,59)61-49-48-55(3,4)5)63-54(57)47-45-43-41-39-37-35-33-31-28-25-23-21-19-17-15-13-11-9-7-2/h15,17,21,23,28,31,35,37,41,43,52H,6-14,16,18-20,22,24-27,29-30,32-34,36,38-40,42,44-51H2,1-5H3/p+1/b17-15+,23-21+,31-28+,37-35+,43-41+/t52-/m1/s1. The molecule has 0 aliphatic rings. The monoisotopic (exact) mass is 921 g/mol. The second kappa shape index (κ2) is 45.8. The summed E-state index contributed by atoms with van der Waals surface area (Å²) in [5, 5.41) is 0. The molecule has 0 bridgehead atoms. The quantitative estimate of drug-likeness (QED) is 0.0211. The van der Waals surface area contributed by atoms with Gasteiger partial charge in [-0.15, -0.1) is 0 Å². The fraction of sp³-hybridized carbons (Fsp3) is 0.778. The number of allylic oxidation sites excluding steroid dienone is 10. The van der Waals surface area contributed by atoms with Crippen molar-refractivity contribution < 1.29 is 42.1 Å². The van der Waals surface area contributed by atoms with Crippen LogP contribution < -0.4 is 0 Å². The molecule has 0 aromatic carbocycles. The second-order valence-electron chi connectivity index (χ2n) is 18.6. The van der Waals surface area contributed by atoms with Crippen LogP contribution in [0, 0.1) is 0 Å². The van der Waals surface area contributed by atoms with Crippen LogP contribution in [0.1, 0.15) is 219 Å². The van der Waals surface area contributed by atoms with Crippen LogP contribution in [0.2, 0.25) is 0 Å². The SMILES string of the molecule is CCCCC/C=C/C/C=C/C/C=C/C/C=C/C/C=C/CCC(=O)O[C@H](COC(=O)CCCCCCCCCCCCCCCCCCCCCCC)COP(=O)(O)OCC[N+](C)(C)C. The van der Waals surface area contributed by atoms with E-state index in [1.165, 1.54) is 141 Å². The van der Waals surface area contributed by atoms with Gasteiger partial charge < -0.3 is 18.9 Å². The van der Waals surface area contributed by atoms with Gasteiger partial charge in [0.2, 0.25) is 0 Å². The Labute approximate surface area is 394 Å². The molecule has 0 aromatic heterocycles. The number of quaternary nitrogens is 1. The summed E-state index contributed by atoms with van der Waals surface area (Å²) in [5.41, 5.74) is 0. The highest BCUT2D eigenvalue weighted by molar-refractivity contribution is 7.47. The van der Waals surface area contributed by atoms with E-state index in [0.29, 0.717) is 17.4 Å². The Morgan fingerprint density at radius 3 is 1.31 bits per heavy atom. The molecule has 1 N–H and O–H groups in total. The summed E-state index contributed by atoms with van der Waals surface area (Å²) < 4.78 is 34.4. The average Bonchev–Trinajstić information content (AvgIpc) is 3.25. The number of phosphoric acid groups is 1. The molecule has 0 aliphatic carbocycles. The van der Waals surface area contributed by atoms with Gasteiger partial charge in [0.25, 0.3) is 0 Å². The highest BCUT2D eigenvalue weighted by Gasteiger charge is 2.27. The van der Waals surface area contributed by atoms with E-state index < -0.39 is 26.5 Å². The molecule has 9 nitrogen and oxygen atoms in total. The van der Waals surface area contributed by atoms with Crippen molar-refractivity contribution in [1.29, 1.82) is 0 Å². The lowest BCUT2D eigenvalue weighted by molar-refractivity contribution is -0.870. The third-order valence-corrected chi connectivity index (χ3v) is 12.0. The molecular formula is C54H99NO8P+. The lowest BCUT2D eigenvalue weighted by Gasteiger charge is -2.24. The largest absolute Gasteiger partial charge is 0.472 e. The summed E-state index contributed by atoms with van der Waals surface area (Å²) in [5.74, 6) is -0.889. The summed E-state index contributed by atoms with van der Waals surface area (Å²) in [4.78, 5) is 35.5. The molecule has 0 spiro atoms. The molecule has 372 valence electrons. The minimum atomic E-state index is -4.40. The molecule has 0 saturated carbocycles. The highest BCUT2D eigenvalue weighted by Crippen LogP contribution is 2.43. The number of carbonyl (C=O) groups is 2. The molecule has 0 rings (SSSR count). The number of hydrogen-bond acceptors (Lipinski definition) is 7. The first-order chi connectivity index (χ1) is 31.0. The number of rotatable bonds is 47. The number of unbranched alkanes of at least 4 members (excludes halogenated alkanes) is 23. The predicted octanol–water partition coefficient (Wildman–Crippen LogP) is 15.6. The van der Waals surface area contributed by atoms with Crippen molar-refractivity contribution in [2.24, 2.45) is 0 Å². The summed E-state index contributed by atoms with van der Waals surface area (Å²) in [7, 11) is 1.43. The van der Waals surface area contributed by atoms with E-state index in [1.54, 1.807) is 0 Å². The summed E-state index contributed by atoms with van der Waals surface area (Å²) in [6, 6.07) is 0. The van der Waals surface area contributed by atoms with Crippen LogP contribution in [0.15, 0.2) is 60.8 Å². The van der Waals surface area contributed by atoms with Crippen LogP contribution >= 0.6 is 7.82 Å². The van der Waals surface area contributed by atoms with Crippen LogP contribution in [0.5, 0.6) is 0 Å². The lowest BCUT2D eigenvalue weighted by atomic mass is 10.0. The first-order valence-corrected chi connectivity index (χ1v) is 27.5. The fourth-order valence-corrected chi connectivity index (χ4v) is 7.74. The van der Waals surface area contributed by atoms with Crippen molar-refractivity contribution in [1.82, 2.24) is 0 Å². The number of carbonyl (C=O) groups excluding carboxylic acids is 2. The minimum Gasteiger partial charge on any atom is -0.462 e. The molecule has 0 amide bonds. The van der Waals surface area contributed by atoms with Gasteiger partial charge in [0.05, 0.1) is 27.7 Å². The van der Waals surface area contributed by atoms with Gasteiger partial charge in [-0.2, -0.15) is 0 Å². The van der Waals surface area contributed by atoms with Crippen LogP contribution in [0.3, 0.4) is 0 Å². The van der Waals surface area contributed by atoms with Gasteiger partial charge in [0.1, 0.15) is 19.8 Å². The van der Waals surface area contributed by atoms with Crippen LogP contribution in [0.25, 0.3) is 0 Å². The summed E-state index contributed by atoms with van der Waals surface area (Å²) in [6.45, 7) is 4.33. The number of nitrogens with zero attached hydrogens (tertiary/aromatic N) is 1. The topological polar surface area (TPSA) is 108 Å². The number of hydrogen-bond donors (Lipinski definition) is 1. The van der Waals surface area contributed by atoms with E-state index in [0.717, 1.165) is 44.9 Å². The van der Waals surface area contributed by atoms with E-state index in [9.17, 15) is 19.0 Å². The fourth-order valence-electron chi connectivity index (χ4n) is 7.00. The Balaban J connectivity index is 4.33. The van der Waals surface area contributed by atoms with Gasteiger partial charge in [-0.25, -0.2) is 4.57 Å². The van der Waals surface area contributed by atoms with E-state index in [-0.39, 0.29) is 32.0 Å². The summed E-state index contributed by atoms with van der Waals surface area (Å²) >= 11 is 0. The minimum absolute atomic E-state index is 0.0175. The summed E-state index contributed by atoms with van der Waals surface area (Å²) in [6.07, 6.45) is 57.2. The molecule has 0 radical (unpaired) electrons. The van der Waals surface area contributed by atoms with E-state index >= 15 is 0 Å².